The average Bonchev–Trinajstić information content (AvgIpc) is 3.02. The molecule has 1 heterocycles. The number of aryl methyl sites for hydroxylation is 1. The Hall–Kier alpha value is -2.49. The first kappa shape index (κ1) is 21.2. The maximum absolute atomic E-state index is 13.3. The van der Waals surface area contributed by atoms with Crippen molar-refractivity contribution in [2.45, 2.75) is 17.9 Å². The third-order valence-corrected chi connectivity index (χ3v) is 7.86. The monoisotopic (exact) mass is 434 g/mol. The highest BCUT2D eigenvalue weighted by molar-refractivity contribution is 7.94. The van der Waals surface area contributed by atoms with Gasteiger partial charge in [0.2, 0.25) is 10.0 Å². The fourth-order valence-corrected chi connectivity index (χ4v) is 5.17. The minimum atomic E-state index is -3.61. The van der Waals surface area contributed by atoms with E-state index < -0.39 is 31.8 Å². The molecule has 29 heavy (non-hydrogen) atoms. The number of sulfonamides is 1. The number of hydrogen-bond acceptors (Lipinski definition) is 5. The van der Waals surface area contributed by atoms with Crippen LogP contribution in [0.1, 0.15) is 15.9 Å². The van der Waals surface area contributed by atoms with Gasteiger partial charge in [-0.05, 0) is 49.4 Å². The Morgan fingerprint density at radius 3 is 2.07 bits per heavy atom. The van der Waals surface area contributed by atoms with Crippen LogP contribution in [0, 0.1) is 6.92 Å². The van der Waals surface area contributed by atoms with E-state index in [2.05, 4.69) is 0 Å². The number of anilines is 1. The summed E-state index contributed by atoms with van der Waals surface area (Å²) >= 11 is 0. The van der Waals surface area contributed by atoms with E-state index in [-0.39, 0.29) is 16.2 Å². The zero-order valence-corrected chi connectivity index (χ0v) is 17.9. The Morgan fingerprint density at radius 1 is 1.00 bits per heavy atom. The number of carbonyl (C=O) groups is 1. The zero-order valence-electron chi connectivity index (χ0n) is 16.3. The van der Waals surface area contributed by atoms with E-state index in [0.29, 0.717) is 5.69 Å². The predicted octanol–water partition coefficient (Wildman–Crippen LogP) is 2.20. The molecular weight excluding hydrogens is 412 g/mol. The van der Waals surface area contributed by atoms with Crippen molar-refractivity contribution < 1.29 is 21.6 Å². The molecule has 154 valence electrons. The second-order valence-corrected chi connectivity index (χ2v) is 11.1. The van der Waals surface area contributed by atoms with Gasteiger partial charge in [0.15, 0.2) is 9.84 Å². The van der Waals surface area contributed by atoms with Gasteiger partial charge in [0.05, 0.1) is 16.7 Å². The molecule has 0 saturated heterocycles. The fourth-order valence-electron chi connectivity index (χ4n) is 3.00. The highest BCUT2D eigenvalue weighted by Crippen LogP contribution is 2.26. The zero-order chi connectivity index (χ0) is 21.4. The van der Waals surface area contributed by atoms with E-state index in [9.17, 15) is 21.6 Å². The lowest BCUT2D eigenvalue weighted by molar-refractivity contribution is 0.0983. The summed E-state index contributed by atoms with van der Waals surface area (Å²) in [5.74, 6) is -0.603. The van der Waals surface area contributed by atoms with Gasteiger partial charge in [-0.15, -0.1) is 0 Å². The first-order valence-corrected chi connectivity index (χ1v) is 12.0. The summed E-state index contributed by atoms with van der Waals surface area (Å²) in [5.41, 5.74) is 1.84. The van der Waals surface area contributed by atoms with Crippen molar-refractivity contribution in [3.8, 4) is 0 Å². The minimum Gasteiger partial charge on any atom is -0.300 e. The van der Waals surface area contributed by atoms with Crippen molar-refractivity contribution in [3.63, 3.8) is 0 Å². The molecule has 0 fully saturated rings. The Balaban J connectivity index is 1.99. The lowest BCUT2D eigenvalue weighted by atomic mass is 10.1. The molecular formula is C20H22N2O5S2. The number of sulfone groups is 1. The van der Waals surface area contributed by atoms with Crippen molar-refractivity contribution >= 4 is 31.5 Å². The van der Waals surface area contributed by atoms with Crippen molar-refractivity contribution in [3.05, 3.63) is 71.1 Å². The number of amides is 1. The highest BCUT2D eigenvalue weighted by atomic mass is 32.2. The van der Waals surface area contributed by atoms with Crippen LogP contribution in [0.4, 0.5) is 5.69 Å². The molecule has 1 amide bonds. The third kappa shape index (κ3) is 4.42. The Bertz CT molecular complexity index is 1150. The maximum Gasteiger partial charge on any atom is 0.258 e. The highest BCUT2D eigenvalue weighted by Gasteiger charge is 2.32. The molecule has 0 spiro atoms. The minimum absolute atomic E-state index is 0.0734. The van der Waals surface area contributed by atoms with E-state index in [1.165, 1.54) is 49.3 Å². The largest absolute Gasteiger partial charge is 0.300 e. The van der Waals surface area contributed by atoms with Crippen LogP contribution < -0.4 is 4.90 Å². The molecule has 0 unspecified atom stereocenters. The number of hydrogen-bond donors (Lipinski definition) is 0. The molecule has 0 saturated carbocycles. The number of nitrogens with zero attached hydrogens (tertiary/aromatic N) is 2. The van der Waals surface area contributed by atoms with Gasteiger partial charge in [-0.2, -0.15) is 0 Å². The second kappa shape index (κ2) is 7.74. The predicted molar refractivity (Wildman–Crippen MR) is 112 cm³/mol. The molecule has 2 aromatic rings. The van der Waals surface area contributed by atoms with E-state index in [0.717, 1.165) is 15.3 Å². The molecule has 0 bridgehead atoms. The van der Waals surface area contributed by atoms with Crippen molar-refractivity contribution in [1.29, 1.82) is 0 Å². The summed E-state index contributed by atoms with van der Waals surface area (Å²) in [5, 5.41) is 1.12. The van der Waals surface area contributed by atoms with Gasteiger partial charge in [0.25, 0.3) is 5.91 Å². The standard InChI is InChI=1S/C20H22N2O5S2/c1-15-4-8-17(9-5-15)22(18-12-13-28(24,25)14-18)20(23)16-6-10-19(11-7-16)29(26,27)21(2)3/h4-13,18H,14H2,1-3H3/t18-/m0/s1. The van der Waals surface area contributed by atoms with E-state index in [1.54, 1.807) is 12.1 Å². The van der Waals surface area contributed by atoms with Crippen LogP contribution in [-0.2, 0) is 19.9 Å². The van der Waals surface area contributed by atoms with Crippen LogP contribution in [-0.4, -0.2) is 52.9 Å². The third-order valence-electron chi connectivity index (χ3n) is 4.65. The quantitative estimate of drug-likeness (QED) is 0.719. The lowest BCUT2D eigenvalue weighted by Gasteiger charge is -2.28. The molecule has 7 nitrogen and oxygen atoms in total. The van der Waals surface area contributed by atoms with Gasteiger partial charge >= 0.3 is 0 Å². The topological polar surface area (TPSA) is 91.8 Å². The summed E-state index contributed by atoms with van der Waals surface area (Å²) in [6.45, 7) is 1.92. The SMILES string of the molecule is Cc1ccc(N(C(=O)c2ccc(S(=O)(=O)N(C)C)cc2)[C@H]2C=CS(=O)(=O)C2)cc1. The second-order valence-electron chi connectivity index (χ2n) is 7.05. The Labute approximate surface area is 171 Å². The van der Waals surface area contributed by atoms with Gasteiger partial charge in [0, 0.05) is 30.8 Å². The van der Waals surface area contributed by atoms with Crippen molar-refractivity contribution in [2.24, 2.45) is 0 Å². The van der Waals surface area contributed by atoms with Crippen LogP contribution in [0.5, 0.6) is 0 Å². The van der Waals surface area contributed by atoms with E-state index in [4.69, 9.17) is 0 Å². The molecule has 1 atom stereocenters. The Kier molecular flexibility index (Phi) is 5.66. The van der Waals surface area contributed by atoms with Gasteiger partial charge in [-0.3, -0.25) is 4.79 Å². The van der Waals surface area contributed by atoms with Crippen LogP contribution in [0.3, 0.4) is 0 Å². The number of rotatable bonds is 5. The molecule has 3 rings (SSSR count). The van der Waals surface area contributed by atoms with Crippen LogP contribution in [0.25, 0.3) is 0 Å². The summed E-state index contributed by atoms with van der Waals surface area (Å²) in [6.07, 6.45) is 1.50. The normalized spacial score (nSPS) is 18.1. The first-order valence-electron chi connectivity index (χ1n) is 8.85. The van der Waals surface area contributed by atoms with Crippen LogP contribution >= 0.6 is 0 Å². The summed E-state index contributed by atoms with van der Waals surface area (Å²) in [7, 11) is -4.11. The summed E-state index contributed by atoms with van der Waals surface area (Å²) < 4.78 is 49.4. The van der Waals surface area contributed by atoms with Gasteiger partial charge in [-0.1, -0.05) is 17.7 Å². The van der Waals surface area contributed by atoms with Crippen LogP contribution in [0.2, 0.25) is 0 Å². The smallest absolute Gasteiger partial charge is 0.258 e. The molecule has 1 aliphatic heterocycles. The molecule has 0 radical (unpaired) electrons. The average molecular weight is 435 g/mol. The molecule has 9 heteroatoms. The maximum atomic E-state index is 13.3. The van der Waals surface area contributed by atoms with E-state index >= 15 is 0 Å². The lowest BCUT2D eigenvalue weighted by Crippen LogP contribution is -2.41. The van der Waals surface area contributed by atoms with Gasteiger partial charge in [0.1, 0.15) is 0 Å². The summed E-state index contributed by atoms with van der Waals surface area (Å²) in [4.78, 5) is 14.8. The molecule has 0 N–H and O–H groups in total. The molecule has 1 aliphatic rings. The first-order chi connectivity index (χ1) is 13.5. The van der Waals surface area contributed by atoms with Crippen LogP contribution in [0.15, 0.2) is 64.9 Å². The molecule has 0 aromatic heterocycles. The van der Waals surface area contributed by atoms with Crippen molar-refractivity contribution in [2.75, 3.05) is 24.7 Å². The fraction of sp³-hybridized carbons (Fsp3) is 0.250. The van der Waals surface area contributed by atoms with Gasteiger partial charge < -0.3 is 4.90 Å². The van der Waals surface area contributed by atoms with Crippen molar-refractivity contribution in [1.82, 2.24) is 4.31 Å². The molecule has 2 aromatic carbocycles. The Morgan fingerprint density at radius 2 is 1.59 bits per heavy atom. The van der Waals surface area contributed by atoms with E-state index in [1.807, 2.05) is 19.1 Å². The number of carbonyl (C=O) groups excluding carboxylic acids is 1. The number of benzene rings is 2. The van der Waals surface area contributed by atoms with Gasteiger partial charge in [-0.25, -0.2) is 21.1 Å². The summed E-state index contributed by atoms with van der Waals surface area (Å²) in [6, 6.07) is 12.2. The molecule has 0 aliphatic carbocycles.